The lowest BCUT2D eigenvalue weighted by atomic mass is 9.82. The van der Waals surface area contributed by atoms with Gasteiger partial charge in [0.15, 0.2) is 0 Å². The molecule has 174 valence electrons. The largest absolute Gasteiger partial charge is 0.444 e. The van der Waals surface area contributed by atoms with Crippen molar-refractivity contribution in [1.29, 1.82) is 0 Å². The average molecular weight is 452 g/mol. The van der Waals surface area contributed by atoms with E-state index < -0.39 is 23.4 Å². The van der Waals surface area contributed by atoms with Crippen LogP contribution in [0.2, 0.25) is 0 Å². The molecule has 3 rings (SSSR count). The molecule has 1 heterocycles. The van der Waals surface area contributed by atoms with E-state index in [1.54, 1.807) is 53.4 Å². The van der Waals surface area contributed by atoms with Crippen molar-refractivity contribution in [2.75, 3.05) is 13.1 Å². The number of nitrogens with zero attached hydrogens (tertiary/aromatic N) is 2. The van der Waals surface area contributed by atoms with Gasteiger partial charge in [0, 0.05) is 31.5 Å². The molecule has 0 aromatic heterocycles. The van der Waals surface area contributed by atoms with Crippen molar-refractivity contribution in [2.45, 2.75) is 45.3 Å². The van der Waals surface area contributed by atoms with E-state index in [4.69, 9.17) is 10.5 Å². The maximum atomic E-state index is 13.2. The van der Waals surface area contributed by atoms with E-state index in [1.165, 1.54) is 0 Å². The minimum Gasteiger partial charge on any atom is -0.444 e. The fourth-order valence-corrected chi connectivity index (χ4v) is 3.92. The first-order valence-corrected chi connectivity index (χ1v) is 11.0. The Labute approximate surface area is 193 Å². The molecular weight excluding hydrogens is 422 g/mol. The molecule has 1 atom stereocenters. The van der Waals surface area contributed by atoms with Crippen LogP contribution in [0.15, 0.2) is 54.6 Å². The molecule has 2 aromatic rings. The number of nitrogens with two attached hydrogens (primary N) is 1. The third-order valence-electron chi connectivity index (χ3n) is 5.86. The molecule has 0 aliphatic carbocycles. The summed E-state index contributed by atoms with van der Waals surface area (Å²) in [7, 11) is 0. The molecule has 0 radical (unpaired) electrons. The van der Waals surface area contributed by atoms with E-state index in [0.29, 0.717) is 29.1 Å². The van der Waals surface area contributed by atoms with Crippen molar-refractivity contribution in [3.8, 4) is 0 Å². The van der Waals surface area contributed by atoms with Crippen LogP contribution >= 0.6 is 0 Å². The van der Waals surface area contributed by atoms with Gasteiger partial charge < -0.3 is 15.4 Å². The monoisotopic (exact) mass is 451 g/mol. The van der Waals surface area contributed by atoms with Gasteiger partial charge in [-0.2, -0.15) is 4.90 Å². The molecule has 2 N–H and O–H groups in total. The van der Waals surface area contributed by atoms with Gasteiger partial charge in [-0.05, 0) is 37.5 Å². The minimum absolute atomic E-state index is 0.0186. The summed E-state index contributed by atoms with van der Waals surface area (Å²) < 4.78 is 5.20. The summed E-state index contributed by atoms with van der Waals surface area (Å²) in [5, 5.41) is 0. The van der Waals surface area contributed by atoms with Gasteiger partial charge in [0.2, 0.25) is 5.91 Å². The zero-order valence-electron chi connectivity index (χ0n) is 19.0. The Hall–Kier alpha value is -3.52. The van der Waals surface area contributed by atoms with Crippen LogP contribution in [0, 0.1) is 0 Å². The maximum absolute atomic E-state index is 13.2. The number of rotatable bonds is 7. The van der Waals surface area contributed by atoms with Crippen LogP contribution in [0.3, 0.4) is 0 Å². The molecule has 4 amide bonds. The molecule has 2 aromatic carbocycles. The van der Waals surface area contributed by atoms with Gasteiger partial charge in [0.1, 0.15) is 12.1 Å². The smallest absolute Gasteiger partial charge is 0.423 e. The number of hydrogen-bond donors (Lipinski definition) is 1. The number of amides is 4. The van der Waals surface area contributed by atoms with E-state index in [9.17, 15) is 19.2 Å². The van der Waals surface area contributed by atoms with E-state index >= 15 is 0 Å². The Bertz CT molecular complexity index is 1040. The topological polar surface area (TPSA) is 110 Å². The summed E-state index contributed by atoms with van der Waals surface area (Å²) in [6, 6.07) is 15.9. The summed E-state index contributed by atoms with van der Waals surface area (Å²) in [5.41, 5.74) is 6.73. The molecular formula is C25H29N3O5. The van der Waals surface area contributed by atoms with Crippen LogP contribution < -0.4 is 5.73 Å². The second kappa shape index (κ2) is 10.4. The van der Waals surface area contributed by atoms with Gasteiger partial charge in [0.05, 0.1) is 0 Å². The van der Waals surface area contributed by atoms with Gasteiger partial charge in [0.25, 0.3) is 11.8 Å². The fraction of sp³-hybridized carbons (Fsp3) is 0.360. The average Bonchev–Trinajstić information content (AvgIpc) is 2.82. The first-order valence-electron chi connectivity index (χ1n) is 11.0. The second-order valence-electron chi connectivity index (χ2n) is 8.04. The Morgan fingerprint density at radius 1 is 1.03 bits per heavy atom. The Balaban J connectivity index is 1.80. The number of carbonyl (C=O) groups is 4. The van der Waals surface area contributed by atoms with E-state index in [2.05, 4.69) is 0 Å². The van der Waals surface area contributed by atoms with Gasteiger partial charge in [-0.3, -0.25) is 14.4 Å². The van der Waals surface area contributed by atoms with Crippen molar-refractivity contribution >= 4 is 23.8 Å². The first-order chi connectivity index (χ1) is 15.8. The van der Waals surface area contributed by atoms with Crippen LogP contribution in [0.25, 0.3) is 0 Å². The third kappa shape index (κ3) is 5.28. The van der Waals surface area contributed by atoms with Crippen LogP contribution in [-0.4, -0.2) is 52.2 Å². The van der Waals surface area contributed by atoms with Gasteiger partial charge in [-0.1, -0.05) is 48.5 Å². The standard InChI is InChI=1S/C25H29N3O5/c1-3-27(4-2)22(30)20-13-9-8-12-19(20)16-25(26)15-14-21(29)28(23(25)31)24(32)33-17-18-10-6-5-7-11-18/h5-13H,3-4,14-17,26H2,1-2H3. The van der Waals surface area contributed by atoms with Crippen molar-refractivity contribution in [3.05, 3.63) is 71.3 Å². The SMILES string of the molecule is CCN(CC)C(=O)c1ccccc1CC1(N)CCC(=O)N(C(=O)OCc2ccccc2)C1=O. The zero-order valence-corrected chi connectivity index (χ0v) is 19.0. The van der Waals surface area contributed by atoms with Crippen molar-refractivity contribution in [3.63, 3.8) is 0 Å². The molecule has 8 heteroatoms. The fourth-order valence-electron chi connectivity index (χ4n) is 3.92. The molecule has 33 heavy (non-hydrogen) atoms. The lowest BCUT2D eigenvalue weighted by Gasteiger charge is -2.36. The summed E-state index contributed by atoms with van der Waals surface area (Å²) in [4.78, 5) is 53.4. The highest BCUT2D eigenvalue weighted by atomic mass is 16.6. The summed E-state index contributed by atoms with van der Waals surface area (Å²) in [6.07, 6.45) is -1.03. The highest BCUT2D eigenvalue weighted by Crippen LogP contribution is 2.28. The van der Waals surface area contributed by atoms with Crippen LogP contribution in [0.1, 0.15) is 48.2 Å². The number of likely N-dealkylation sites (tertiary alicyclic amines) is 1. The van der Waals surface area contributed by atoms with Crippen molar-refractivity contribution in [1.82, 2.24) is 9.80 Å². The predicted molar refractivity (Wildman–Crippen MR) is 122 cm³/mol. The molecule has 0 spiro atoms. The number of benzene rings is 2. The Morgan fingerprint density at radius 2 is 1.67 bits per heavy atom. The number of carbonyl (C=O) groups excluding carboxylic acids is 4. The molecule has 0 saturated carbocycles. The summed E-state index contributed by atoms with van der Waals surface area (Å²) in [5.74, 6) is -1.62. The van der Waals surface area contributed by atoms with Gasteiger partial charge >= 0.3 is 6.09 Å². The highest BCUT2D eigenvalue weighted by molar-refractivity contribution is 6.13. The Morgan fingerprint density at radius 3 is 2.33 bits per heavy atom. The molecule has 0 bridgehead atoms. The van der Waals surface area contributed by atoms with Gasteiger partial charge in [-0.25, -0.2) is 4.79 Å². The predicted octanol–water partition coefficient (Wildman–Crippen LogP) is 2.89. The highest BCUT2D eigenvalue weighted by Gasteiger charge is 2.48. The number of hydrogen-bond acceptors (Lipinski definition) is 6. The summed E-state index contributed by atoms with van der Waals surface area (Å²) >= 11 is 0. The zero-order chi connectivity index (χ0) is 24.0. The molecule has 8 nitrogen and oxygen atoms in total. The molecule has 1 aliphatic heterocycles. The Kier molecular flexibility index (Phi) is 7.60. The molecule has 1 fully saturated rings. The lowest BCUT2D eigenvalue weighted by molar-refractivity contribution is -0.150. The van der Waals surface area contributed by atoms with E-state index in [1.807, 2.05) is 19.9 Å². The lowest BCUT2D eigenvalue weighted by Crippen LogP contribution is -2.63. The van der Waals surface area contributed by atoms with Gasteiger partial charge in [-0.15, -0.1) is 0 Å². The molecule has 1 saturated heterocycles. The van der Waals surface area contributed by atoms with Crippen LogP contribution in [0.4, 0.5) is 4.79 Å². The number of ether oxygens (including phenoxy) is 1. The number of imide groups is 3. The van der Waals surface area contributed by atoms with Crippen LogP contribution in [0.5, 0.6) is 0 Å². The summed E-state index contributed by atoms with van der Waals surface area (Å²) in [6.45, 7) is 4.81. The van der Waals surface area contributed by atoms with Crippen LogP contribution in [-0.2, 0) is 27.4 Å². The maximum Gasteiger partial charge on any atom is 0.423 e. The van der Waals surface area contributed by atoms with E-state index in [-0.39, 0.29) is 31.8 Å². The van der Waals surface area contributed by atoms with E-state index in [0.717, 1.165) is 5.56 Å². The van der Waals surface area contributed by atoms with Crippen molar-refractivity contribution in [2.24, 2.45) is 5.73 Å². The third-order valence-corrected chi connectivity index (χ3v) is 5.86. The molecule has 1 aliphatic rings. The quantitative estimate of drug-likeness (QED) is 0.648. The minimum atomic E-state index is -1.51. The van der Waals surface area contributed by atoms with Crippen molar-refractivity contribution < 1.29 is 23.9 Å². The normalized spacial score (nSPS) is 18.2. The molecule has 1 unspecified atom stereocenters. The second-order valence-corrected chi connectivity index (χ2v) is 8.04. The number of piperidine rings is 1. The first kappa shape index (κ1) is 24.1.